The van der Waals surface area contributed by atoms with Gasteiger partial charge in [-0.1, -0.05) is 17.7 Å². The van der Waals surface area contributed by atoms with E-state index in [-0.39, 0.29) is 16.4 Å². The largest absolute Gasteiger partial charge is 0.453 e. The van der Waals surface area contributed by atoms with E-state index in [2.05, 4.69) is 20.0 Å². The number of anilines is 1. The molecule has 0 fully saturated rings. The highest BCUT2D eigenvalue weighted by Crippen LogP contribution is 2.21. The molecular formula is C15H14N4O4S. The van der Waals surface area contributed by atoms with E-state index in [0.717, 1.165) is 9.54 Å². The van der Waals surface area contributed by atoms with Crippen LogP contribution < -0.4 is 5.32 Å². The van der Waals surface area contributed by atoms with Crippen LogP contribution in [0.15, 0.2) is 47.6 Å². The Bertz CT molecular complexity index is 1010. The minimum Gasteiger partial charge on any atom is -0.453 e. The molecule has 0 aliphatic carbocycles. The zero-order valence-corrected chi connectivity index (χ0v) is 13.7. The molecule has 0 bridgehead atoms. The number of amides is 1. The van der Waals surface area contributed by atoms with E-state index >= 15 is 0 Å². The van der Waals surface area contributed by atoms with Crippen LogP contribution in [0.5, 0.6) is 0 Å². The molecule has 2 heterocycles. The fraction of sp³-hybridized carbons (Fsp3) is 0.133. The van der Waals surface area contributed by atoms with E-state index in [1.807, 2.05) is 6.92 Å². The number of aryl methyl sites for hydroxylation is 1. The fourth-order valence-corrected chi connectivity index (χ4v) is 3.42. The predicted molar refractivity (Wildman–Crippen MR) is 87.3 cm³/mol. The van der Waals surface area contributed by atoms with Gasteiger partial charge in [0.2, 0.25) is 0 Å². The van der Waals surface area contributed by atoms with E-state index < -0.39 is 16.1 Å². The predicted octanol–water partition coefficient (Wildman–Crippen LogP) is 2.16. The minimum absolute atomic E-state index is 0.157. The lowest BCUT2D eigenvalue weighted by Crippen LogP contribution is -2.14. The van der Waals surface area contributed by atoms with Gasteiger partial charge in [-0.25, -0.2) is 27.2 Å². The van der Waals surface area contributed by atoms with E-state index in [1.54, 1.807) is 12.1 Å². The summed E-state index contributed by atoms with van der Waals surface area (Å²) in [7, 11) is -2.55. The summed E-state index contributed by atoms with van der Waals surface area (Å²) in [6, 6.07) is 8.04. The molecule has 1 aromatic carbocycles. The highest BCUT2D eigenvalue weighted by atomic mass is 32.2. The van der Waals surface area contributed by atoms with Crippen molar-refractivity contribution in [2.24, 2.45) is 0 Å². The number of fused-ring (bicyclic) bond motifs is 1. The number of carbonyl (C=O) groups excluding carboxylic acids is 1. The first-order chi connectivity index (χ1) is 11.4. The SMILES string of the molecule is COC(=O)Nc1cnc2c(ccn2S(=O)(=O)c2ccc(C)cc2)n1. The first-order valence-corrected chi connectivity index (χ1v) is 8.37. The van der Waals surface area contributed by atoms with Gasteiger partial charge < -0.3 is 4.74 Å². The van der Waals surface area contributed by atoms with Crippen LogP contribution >= 0.6 is 0 Å². The molecule has 0 aliphatic heterocycles. The molecule has 124 valence electrons. The van der Waals surface area contributed by atoms with Gasteiger partial charge in [0.15, 0.2) is 11.5 Å². The zero-order chi connectivity index (χ0) is 17.3. The number of hydrogen-bond donors (Lipinski definition) is 1. The summed E-state index contributed by atoms with van der Waals surface area (Å²) < 4.78 is 31.0. The fourth-order valence-electron chi connectivity index (χ4n) is 2.12. The average Bonchev–Trinajstić information content (AvgIpc) is 2.99. The summed E-state index contributed by atoms with van der Waals surface area (Å²) >= 11 is 0. The van der Waals surface area contributed by atoms with Crippen molar-refractivity contribution in [1.29, 1.82) is 0 Å². The van der Waals surface area contributed by atoms with Crippen LogP contribution in [0.3, 0.4) is 0 Å². The number of nitrogens with one attached hydrogen (secondary N) is 1. The Morgan fingerprint density at radius 3 is 2.58 bits per heavy atom. The number of carbonyl (C=O) groups is 1. The number of aromatic nitrogens is 3. The maximum atomic E-state index is 12.7. The van der Waals surface area contributed by atoms with Crippen LogP contribution in [0.4, 0.5) is 10.6 Å². The Hall–Kier alpha value is -2.94. The van der Waals surface area contributed by atoms with Gasteiger partial charge in [-0.2, -0.15) is 0 Å². The number of rotatable bonds is 3. The summed E-state index contributed by atoms with van der Waals surface area (Å²) in [5.74, 6) is 0.167. The average molecular weight is 346 g/mol. The topological polar surface area (TPSA) is 103 Å². The molecule has 0 saturated heterocycles. The summed E-state index contributed by atoms with van der Waals surface area (Å²) in [6.07, 6.45) is 1.96. The van der Waals surface area contributed by atoms with Gasteiger partial charge in [0.25, 0.3) is 10.0 Å². The normalized spacial score (nSPS) is 11.4. The molecule has 0 spiro atoms. The van der Waals surface area contributed by atoms with Crippen molar-refractivity contribution < 1.29 is 17.9 Å². The van der Waals surface area contributed by atoms with Crippen molar-refractivity contribution in [1.82, 2.24) is 13.9 Å². The third-order valence-corrected chi connectivity index (χ3v) is 5.03. The molecule has 0 unspecified atom stereocenters. The third kappa shape index (κ3) is 2.81. The Morgan fingerprint density at radius 2 is 1.92 bits per heavy atom. The molecule has 24 heavy (non-hydrogen) atoms. The van der Waals surface area contributed by atoms with E-state index in [9.17, 15) is 13.2 Å². The molecule has 0 radical (unpaired) electrons. The van der Waals surface area contributed by atoms with Gasteiger partial charge >= 0.3 is 6.09 Å². The van der Waals surface area contributed by atoms with Crippen LogP contribution in [-0.4, -0.2) is 35.6 Å². The van der Waals surface area contributed by atoms with Crippen LogP contribution in [0.25, 0.3) is 11.2 Å². The number of nitrogens with zero attached hydrogens (tertiary/aromatic N) is 3. The second kappa shape index (κ2) is 5.93. The maximum absolute atomic E-state index is 12.7. The second-order valence-electron chi connectivity index (χ2n) is 5.01. The molecule has 1 N–H and O–H groups in total. The summed E-state index contributed by atoms with van der Waals surface area (Å²) in [5.41, 5.74) is 1.47. The Labute approximate surface area is 138 Å². The van der Waals surface area contributed by atoms with Crippen molar-refractivity contribution in [3.05, 3.63) is 48.3 Å². The van der Waals surface area contributed by atoms with Crippen LogP contribution in [0.1, 0.15) is 5.56 Å². The molecule has 9 heteroatoms. The van der Waals surface area contributed by atoms with E-state index in [1.165, 1.54) is 37.7 Å². The van der Waals surface area contributed by atoms with Gasteiger partial charge in [0, 0.05) is 6.20 Å². The number of ether oxygens (including phenoxy) is 1. The lowest BCUT2D eigenvalue weighted by atomic mass is 10.2. The van der Waals surface area contributed by atoms with Crippen LogP contribution in [-0.2, 0) is 14.8 Å². The first kappa shape index (κ1) is 15.9. The molecule has 0 atom stereocenters. The van der Waals surface area contributed by atoms with Gasteiger partial charge in [0.1, 0.15) is 5.52 Å². The highest BCUT2D eigenvalue weighted by molar-refractivity contribution is 7.90. The molecule has 3 rings (SSSR count). The Kier molecular flexibility index (Phi) is 3.94. The monoisotopic (exact) mass is 346 g/mol. The summed E-state index contributed by atoms with van der Waals surface area (Å²) in [5, 5.41) is 2.38. The lowest BCUT2D eigenvalue weighted by Gasteiger charge is -2.07. The minimum atomic E-state index is -3.78. The number of hydrogen-bond acceptors (Lipinski definition) is 6. The highest BCUT2D eigenvalue weighted by Gasteiger charge is 2.20. The zero-order valence-electron chi connectivity index (χ0n) is 12.9. The van der Waals surface area contributed by atoms with Crippen molar-refractivity contribution in [3.63, 3.8) is 0 Å². The molecule has 0 saturated carbocycles. The van der Waals surface area contributed by atoms with Gasteiger partial charge in [-0.05, 0) is 25.1 Å². The summed E-state index contributed by atoms with van der Waals surface area (Å²) in [6.45, 7) is 1.88. The maximum Gasteiger partial charge on any atom is 0.412 e. The van der Waals surface area contributed by atoms with Crippen molar-refractivity contribution >= 4 is 33.1 Å². The van der Waals surface area contributed by atoms with Crippen molar-refractivity contribution in [2.75, 3.05) is 12.4 Å². The lowest BCUT2D eigenvalue weighted by molar-refractivity contribution is 0.187. The van der Waals surface area contributed by atoms with Crippen LogP contribution in [0, 0.1) is 6.92 Å². The molecule has 2 aromatic heterocycles. The second-order valence-corrected chi connectivity index (χ2v) is 6.83. The molecule has 8 nitrogen and oxygen atoms in total. The van der Waals surface area contributed by atoms with Crippen molar-refractivity contribution in [2.45, 2.75) is 11.8 Å². The molecular weight excluding hydrogens is 332 g/mol. The summed E-state index contributed by atoms with van der Waals surface area (Å²) in [4.78, 5) is 19.6. The Morgan fingerprint density at radius 1 is 1.21 bits per heavy atom. The third-order valence-electron chi connectivity index (χ3n) is 3.35. The van der Waals surface area contributed by atoms with Crippen molar-refractivity contribution in [3.8, 4) is 0 Å². The molecule has 3 aromatic rings. The van der Waals surface area contributed by atoms with E-state index in [4.69, 9.17) is 0 Å². The molecule has 0 aliphatic rings. The smallest absolute Gasteiger partial charge is 0.412 e. The number of benzene rings is 1. The first-order valence-electron chi connectivity index (χ1n) is 6.93. The standard InChI is InChI=1S/C15H14N4O4S/c1-10-3-5-11(6-4-10)24(21,22)19-8-7-12-14(19)16-9-13(17-12)18-15(20)23-2/h3-9H,1-2H3,(H,17,18,20). The molecule has 1 amide bonds. The Balaban J connectivity index is 2.04. The number of methoxy groups -OCH3 is 1. The van der Waals surface area contributed by atoms with Gasteiger partial charge in [-0.15, -0.1) is 0 Å². The quantitative estimate of drug-likeness (QED) is 0.779. The van der Waals surface area contributed by atoms with Gasteiger partial charge in [0.05, 0.1) is 18.2 Å². The van der Waals surface area contributed by atoms with Crippen LogP contribution in [0.2, 0.25) is 0 Å². The van der Waals surface area contributed by atoms with Gasteiger partial charge in [-0.3, -0.25) is 5.32 Å². The van der Waals surface area contributed by atoms with E-state index in [0.29, 0.717) is 5.52 Å².